The molecule has 0 aliphatic carbocycles. The first-order valence-corrected chi connectivity index (χ1v) is 7.39. The largest absolute Gasteiger partial charge is 0.508 e. The Morgan fingerprint density at radius 3 is 2.46 bits per heavy atom. The summed E-state index contributed by atoms with van der Waals surface area (Å²) in [6.45, 7) is 1.78. The predicted octanol–water partition coefficient (Wildman–Crippen LogP) is 3.39. The number of carboxylic acid groups (broad SMARTS) is 1. The smallest absolute Gasteiger partial charge is 0.416 e. The van der Waals surface area contributed by atoms with E-state index >= 15 is 0 Å². The van der Waals surface area contributed by atoms with Crippen LogP contribution in [0.2, 0.25) is 0 Å². The molecule has 0 heterocycles. The minimum Gasteiger partial charge on any atom is -0.508 e. The quantitative estimate of drug-likeness (QED) is 0.704. The Labute approximate surface area is 137 Å². The lowest BCUT2D eigenvalue weighted by atomic mass is 9.91. The summed E-state index contributed by atoms with van der Waals surface area (Å²) in [7, 11) is 0. The van der Waals surface area contributed by atoms with E-state index in [1.54, 1.807) is 6.92 Å². The molecule has 0 saturated carbocycles. The summed E-state index contributed by atoms with van der Waals surface area (Å²) in [4.78, 5) is 22.3. The number of hydrogen-bond donors (Lipinski definition) is 2. The summed E-state index contributed by atoms with van der Waals surface area (Å²) < 4.78 is 43.2. The van der Waals surface area contributed by atoms with Crippen LogP contribution < -0.4 is 0 Å². The highest BCUT2D eigenvalue weighted by Crippen LogP contribution is 2.33. The number of carbonyl (C=O) groups excluding carboxylic acids is 1. The normalized spacial score (nSPS) is 12.7. The van der Waals surface area contributed by atoms with E-state index in [-0.39, 0.29) is 37.9 Å². The van der Waals surface area contributed by atoms with E-state index in [9.17, 15) is 27.9 Å². The van der Waals surface area contributed by atoms with Gasteiger partial charge in [0.15, 0.2) is 0 Å². The molecule has 0 aromatic heterocycles. The summed E-state index contributed by atoms with van der Waals surface area (Å²) in [5.74, 6) is -2.63. The summed E-state index contributed by atoms with van der Waals surface area (Å²) >= 11 is 0. The molecule has 0 spiro atoms. The zero-order valence-electron chi connectivity index (χ0n) is 13.1. The summed E-state index contributed by atoms with van der Waals surface area (Å²) in [6.07, 6.45) is -4.77. The maximum atomic E-state index is 12.8. The number of hydrogen-bond acceptors (Lipinski definition) is 4. The third kappa shape index (κ3) is 6.89. The van der Waals surface area contributed by atoms with Gasteiger partial charge in [-0.15, -0.1) is 0 Å². The number of carboxylic acids is 1. The van der Waals surface area contributed by atoms with E-state index < -0.39 is 35.3 Å². The van der Waals surface area contributed by atoms with Crippen LogP contribution in [0.3, 0.4) is 0 Å². The summed E-state index contributed by atoms with van der Waals surface area (Å²) in [6, 6.07) is 2.67. The standard InChI is InChI=1S/C16H19F3O5/c1-2-24-15(23)8-10(3-4-14(21)22)5-11-6-12(16(17,18)19)9-13(20)7-11/h6-7,9-10,20H,2-5,8H2,1H3,(H,21,22). The van der Waals surface area contributed by atoms with E-state index in [4.69, 9.17) is 9.84 Å². The molecule has 2 N–H and O–H groups in total. The first-order chi connectivity index (χ1) is 11.1. The van der Waals surface area contributed by atoms with Gasteiger partial charge in [0.25, 0.3) is 0 Å². The number of aliphatic carboxylic acids is 1. The average Bonchev–Trinajstić information content (AvgIpc) is 2.43. The van der Waals surface area contributed by atoms with Gasteiger partial charge in [0.2, 0.25) is 0 Å². The molecule has 0 amide bonds. The van der Waals surface area contributed by atoms with Gasteiger partial charge < -0.3 is 14.9 Å². The van der Waals surface area contributed by atoms with Crippen molar-refractivity contribution in [3.05, 3.63) is 29.3 Å². The van der Waals surface area contributed by atoms with E-state index in [0.717, 1.165) is 6.07 Å². The lowest BCUT2D eigenvalue weighted by Crippen LogP contribution is -2.16. The molecule has 1 rings (SSSR count). The van der Waals surface area contributed by atoms with Crippen LogP contribution in [-0.4, -0.2) is 28.8 Å². The minimum atomic E-state index is -4.61. The topological polar surface area (TPSA) is 83.8 Å². The molecule has 0 fully saturated rings. The monoisotopic (exact) mass is 348 g/mol. The number of alkyl halides is 3. The Hall–Kier alpha value is -2.25. The van der Waals surface area contributed by atoms with E-state index in [1.165, 1.54) is 6.07 Å². The van der Waals surface area contributed by atoms with Crippen LogP contribution in [0.15, 0.2) is 18.2 Å². The van der Waals surface area contributed by atoms with E-state index in [1.807, 2.05) is 0 Å². The van der Waals surface area contributed by atoms with Crippen LogP contribution >= 0.6 is 0 Å². The molecule has 1 atom stereocenters. The Morgan fingerprint density at radius 1 is 1.25 bits per heavy atom. The van der Waals surface area contributed by atoms with Crippen LogP contribution in [-0.2, 0) is 26.9 Å². The lowest BCUT2D eigenvalue weighted by Gasteiger charge is -2.17. The molecular weight excluding hydrogens is 329 g/mol. The minimum absolute atomic E-state index is 0.0313. The fourth-order valence-corrected chi connectivity index (χ4v) is 2.35. The molecule has 0 aliphatic heterocycles. The van der Waals surface area contributed by atoms with Gasteiger partial charge in [0, 0.05) is 12.8 Å². The zero-order chi connectivity index (χ0) is 18.3. The van der Waals surface area contributed by atoms with Crippen molar-refractivity contribution in [2.75, 3.05) is 6.61 Å². The van der Waals surface area contributed by atoms with Gasteiger partial charge >= 0.3 is 18.1 Å². The number of carbonyl (C=O) groups is 2. The molecule has 134 valence electrons. The van der Waals surface area contributed by atoms with Gasteiger partial charge in [-0.05, 0) is 49.4 Å². The molecule has 0 bridgehead atoms. The van der Waals surface area contributed by atoms with Gasteiger partial charge in [0.1, 0.15) is 5.75 Å². The lowest BCUT2D eigenvalue weighted by molar-refractivity contribution is -0.145. The highest BCUT2D eigenvalue weighted by molar-refractivity contribution is 5.70. The van der Waals surface area contributed by atoms with Crippen LogP contribution in [0.1, 0.15) is 37.3 Å². The van der Waals surface area contributed by atoms with Crippen LogP contribution in [0.4, 0.5) is 13.2 Å². The molecule has 0 aliphatic rings. The van der Waals surface area contributed by atoms with Crippen molar-refractivity contribution in [2.24, 2.45) is 5.92 Å². The third-order valence-corrected chi connectivity index (χ3v) is 3.36. The molecular formula is C16H19F3O5. The first-order valence-electron chi connectivity index (χ1n) is 7.39. The highest BCUT2D eigenvalue weighted by Gasteiger charge is 2.31. The van der Waals surface area contributed by atoms with Crippen molar-refractivity contribution in [1.82, 2.24) is 0 Å². The van der Waals surface area contributed by atoms with Gasteiger partial charge in [-0.2, -0.15) is 13.2 Å². The number of ether oxygens (including phenoxy) is 1. The Bertz CT molecular complexity index is 584. The maximum Gasteiger partial charge on any atom is 0.416 e. The third-order valence-electron chi connectivity index (χ3n) is 3.36. The van der Waals surface area contributed by atoms with Crippen LogP contribution in [0, 0.1) is 5.92 Å². The van der Waals surface area contributed by atoms with Crippen molar-refractivity contribution >= 4 is 11.9 Å². The number of esters is 1. The molecule has 1 aromatic carbocycles. The van der Waals surface area contributed by atoms with Gasteiger partial charge in [-0.25, -0.2) is 0 Å². The van der Waals surface area contributed by atoms with Gasteiger partial charge in [-0.3, -0.25) is 9.59 Å². The summed E-state index contributed by atoms with van der Waals surface area (Å²) in [5.41, 5.74) is -0.812. The number of phenolic OH excluding ortho intramolecular Hbond substituents is 1. The first kappa shape index (κ1) is 19.8. The number of benzene rings is 1. The van der Waals surface area contributed by atoms with Crippen molar-refractivity contribution in [2.45, 2.75) is 38.8 Å². The van der Waals surface area contributed by atoms with Crippen LogP contribution in [0.25, 0.3) is 0 Å². The van der Waals surface area contributed by atoms with Crippen molar-refractivity contribution < 1.29 is 37.7 Å². The molecule has 0 saturated heterocycles. The van der Waals surface area contributed by atoms with Crippen LogP contribution in [0.5, 0.6) is 5.75 Å². The Kier molecular flexibility index (Phi) is 7.06. The molecule has 8 heteroatoms. The Morgan fingerprint density at radius 2 is 1.92 bits per heavy atom. The fraction of sp³-hybridized carbons (Fsp3) is 0.500. The molecule has 1 unspecified atom stereocenters. The van der Waals surface area contributed by atoms with Crippen molar-refractivity contribution in [3.8, 4) is 5.75 Å². The molecule has 1 aromatic rings. The second-order valence-electron chi connectivity index (χ2n) is 5.40. The SMILES string of the molecule is CCOC(=O)CC(CCC(=O)O)Cc1cc(O)cc(C(F)(F)F)c1. The number of phenols is 1. The molecule has 24 heavy (non-hydrogen) atoms. The van der Waals surface area contributed by atoms with Gasteiger partial charge in [-0.1, -0.05) is 0 Å². The van der Waals surface area contributed by atoms with Gasteiger partial charge in [0.05, 0.1) is 12.2 Å². The molecule has 5 nitrogen and oxygen atoms in total. The zero-order valence-corrected chi connectivity index (χ0v) is 13.1. The van der Waals surface area contributed by atoms with E-state index in [2.05, 4.69) is 0 Å². The van der Waals surface area contributed by atoms with E-state index in [0.29, 0.717) is 6.07 Å². The summed E-state index contributed by atoms with van der Waals surface area (Å²) in [5, 5.41) is 18.2. The second kappa shape index (κ2) is 8.56. The second-order valence-corrected chi connectivity index (χ2v) is 5.40. The maximum absolute atomic E-state index is 12.8. The van der Waals surface area contributed by atoms with Crippen molar-refractivity contribution in [1.29, 1.82) is 0 Å². The number of halogens is 3. The van der Waals surface area contributed by atoms with Crippen molar-refractivity contribution in [3.63, 3.8) is 0 Å². The molecule has 0 radical (unpaired) electrons. The predicted molar refractivity (Wildman–Crippen MR) is 78.4 cm³/mol. The number of rotatable bonds is 8. The fourth-order valence-electron chi connectivity index (χ4n) is 2.35. The average molecular weight is 348 g/mol. The highest BCUT2D eigenvalue weighted by atomic mass is 19.4. The number of aromatic hydroxyl groups is 1. The Balaban J connectivity index is 2.93.